The van der Waals surface area contributed by atoms with Gasteiger partial charge in [0.1, 0.15) is 0 Å². The molecule has 2 aromatic carbocycles. The lowest BCUT2D eigenvalue weighted by Gasteiger charge is -2.28. The van der Waals surface area contributed by atoms with Gasteiger partial charge in [-0.1, -0.05) is 60.7 Å². The number of amides is 4. The molecule has 0 aliphatic carbocycles. The predicted molar refractivity (Wildman–Crippen MR) is 83.8 cm³/mol. The number of urea groups is 2. The second-order valence-corrected chi connectivity index (χ2v) is 4.79. The summed E-state index contributed by atoms with van der Waals surface area (Å²) in [4.78, 5) is 22.7. The Balaban J connectivity index is 2.43. The van der Waals surface area contributed by atoms with E-state index in [1.807, 2.05) is 60.7 Å². The van der Waals surface area contributed by atoms with Crippen LogP contribution in [0.15, 0.2) is 60.7 Å². The molecule has 0 spiro atoms. The maximum atomic E-state index is 11.4. The Morgan fingerprint density at radius 2 is 1.00 bits per heavy atom. The Bertz CT molecular complexity index is 574. The van der Waals surface area contributed by atoms with E-state index >= 15 is 0 Å². The van der Waals surface area contributed by atoms with Crippen LogP contribution in [0.1, 0.15) is 23.2 Å². The third-order valence-electron chi connectivity index (χ3n) is 3.25. The zero-order chi connectivity index (χ0) is 15.9. The van der Waals surface area contributed by atoms with E-state index in [-0.39, 0.29) is 0 Å². The molecule has 2 aromatic rings. The van der Waals surface area contributed by atoms with Crippen molar-refractivity contribution < 1.29 is 9.59 Å². The van der Waals surface area contributed by atoms with Crippen LogP contribution in [0.2, 0.25) is 0 Å². The Labute approximate surface area is 128 Å². The van der Waals surface area contributed by atoms with Crippen LogP contribution in [0.3, 0.4) is 0 Å². The second-order valence-electron chi connectivity index (χ2n) is 4.79. The molecule has 114 valence electrons. The highest BCUT2D eigenvalue weighted by Gasteiger charge is 2.26. The summed E-state index contributed by atoms with van der Waals surface area (Å²) in [5.74, 6) is 0. The summed E-state index contributed by atoms with van der Waals surface area (Å²) in [5.41, 5.74) is 12.2. The molecule has 0 radical (unpaired) electrons. The average molecular weight is 298 g/mol. The summed E-state index contributed by atoms with van der Waals surface area (Å²) in [5, 5.41) is 5.34. The Morgan fingerprint density at radius 3 is 1.27 bits per heavy atom. The van der Waals surface area contributed by atoms with Crippen molar-refractivity contribution in [3.63, 3.8) is 0 Å². The average Bonchev–Trinajstić information content (AvgIpc) is 2.52. The summed E-state index contributed by atoms with van der Waals surface area (Å²) in [7, 11) is 0. The third kappa shape index (κ3) is 3.99. The standard InChI is InChI=1S/C16H18N4O2/c17-15(21)19-13(11-7-3-1-4-8-11)14(20-16(18)22)12-9-5-2-6-10-12/h1-10,13-14H,(H3,17,19,21)(H3,18,20,22)/t13-,14-/m0/s1. The van der Waals surface area contributed by atoms with Crippen LogP contribution in [-0.2, 0) is 0 Å². The van der Waals surface area contributed by atoms with Crippen molar-refractivity contribution in [1.82, 2.24) is 10.6 Å². The van der Waals surface area contributed by atoms with Gasteiger partial charge in [-0.15, -0.1) is 0 Å². The molecule has 2 atom stereocenters. The first-order valence-electron chi connectivity index (χ1n) is 6.79. The molecule has 0 fully saturated rings. The Kier molecular flexibility index (Phi) is 4.98. The SMILES string of the molecule is NC(=O)N[C@@H](c1ccccc1)[C@@H](NC(N)=O)c1ccccc1. The zero-order valence-corrected chi connectivity index (χ0v) is 11.9. The molecule has 6 N–H and O–H groups in total. The first-order valence-corrected chi connectivity index (χ1v) is 6.79. The molecule has 2 rings (SSSR count). The fraction of sp³-hybridized carbons (Fsp3) is 0.125. The second kappa shape index (κ2) is 7.12. The van der Waals surface area contributed by atoms with Crippen LogP contribution in [-0.4, -0.2) is 12.1 Å². The molecule has 0 saturated heterocycles. The van der Waals surface area contributed by atoms with Crippen molar-refractivity contribution in [2.75, 3.05) is 0 Å². The fourth-order valence-electron chi connectivity index (χ4n) is 2.35. The lowest BCUT2D eigenvalue weighted by molar-refractivity contribution is 0.233. The van der Waals surface area contributed by atoms with Gasteiger partial charge in [-0.3, -0.25) is 0 Å². The fourth-order valence-corrected chi connectivity index (χ4v) is 2.35. The van der Waals surface area contributed by atoms with Gasteiger partial charge in [0.2, 0.25) is 0 Å². The number of rotatable bonds is 5. The van der Waals surface area contributed by atoms with Gasteiger partial charge in [0, 0.05) is 0 Å². The minimum Gasteiger partial charge on any atom is -0.352 e. The normalized spacial score (nSPS) is 12.9. The van der Waals surface area contributed by atoms with Crippen molar-refractivity contribution in [3.05, 3.63) is 71.8 Å². The molecule has 0 heterocycles. The van der Waals surface area contributed by atoms with E-state index < -0.39 is 24.1 Å². The minimum absolute atomic E-state index is 0.534. The van der Waals surface area contributed by atoms with E-state index in [1.165, 1.54) is 0 Å². The zero-order valence-electron chi connectivity index (χ0n) is 11.9. The van der Waals surface area contributed by atoms with E-state index in [4.69, 9.17) is 11.5 Å². The summed E-state index contributed by atoms with van der Waals surface area (Å²) in [6.07, 6.45) is 0. The number of nitrogens with one attached hydrogen (secondary N) is 2. The van der Waals surface area contributed by atoms with Gasteiger partial charge in [0.05, 0.1) is 12.1 Å². The molecule has 6 nitrogen and oxygen atoms in total. The van der Waals surface area contributed by atoms with Crippen LogP contribution in [0, 0.1) is 0 Å². The van der Waals surface area contributed by atoms with Crippen molar-refractivity contribution in [3.8, 4) is 0 Å². The molecule has 0 unspecified atom stereocenters. The molecule has 0 aromatic heterocycles. The molecule has 0 aliphatic rings. The molecule has 22 heavy (non-hydrogen) atoms. The van der Waals surface area contributed by atoms with Crippen molar-refractivity contribution in [1.29, 1.82) is 0 Å². The van der Waals surface area contributed by atoms with Gasteiger partial charge in [-0.25, -0.2) is 9.59 Å². The number of hydrogen-bond acceptors (Lipinski definition) is 2. The Hall–Kier alpha value is -3.02. The lowest BCUT2D eigenvalue weighted by Crippen LogP contribution is -2.44. The summed E-state index contributed by atoms with van der Waals surface area (Å²) in [6.45, 7) is 0. The molecule has 6 heteroatoms. The van der Waals surface area contributed by atoms with Crippen LogP contribution < -0.4 is 22.1 Å². The van der Waals surface area contributed by atoms with Gasteiger partial charge < -0.3 is 22.1 Å². The Morgan fingerprint density at radius 1 is 0.682 bits per heavy atom. The van der Waals surface area contributed by atoms with Crippen LogP contribution in [0.25, 0.3) is 0 Å². The molecule has 0 aliphatic heterocycles. The quantitative estimate of drug-likeness (QED) is 0.675. The van der Waals surface area contributed by atoms with Gasteiger partial charge in [-0.2, -0.15) is 0 Å². The minimum atomic E-state index is -0.680. The third-order valence-corrected chi connectivity index (χ3v) is 3.25. The van der Waals surface area contributed by atoms with Crippen molar-refractivity contribution in [2.45, 2.75) is 12.1 Å². The molecule has 4 amide bonds. The number of primary amides is 2. The topological polar surface area (TPSA) is 110 Å². The number of carbonyl (C=O) groups excluding carboxylic acids is 2. The lowest BCUT2D eigenvalue weighted by atomic mass is 9.93. The number of carbonyl (C=O) groups is 2. The molecule has 0 bridgehead atoms. The largest absolute Gasteiger partial charge is 0.352 e. The highest BCUT2D eigenvalue weighted by molar-refractivity contribution is 5.74. The maximum absolute atomic E-state index is 11.4. The van der Waals surface area contributed by atoms with Crippen LogP contribution in [0.4, 0.5) is 9.59 Å². The van der Waals surface area contributed by atoms with Crippen molar-refractivity contribution in [2.24, 2.45) is 11.5 Å². The smallest absolute Gasteiger partial charge is 0.312 e. The summed E-state index contributed by atoms with van der Waals surface area (Å²) in [6, 6.07) is 16.1. The first kappa shape index (κ1) is 15.4. The van der Waals surface area contributed by atoms with Crippen LogP contribution in [0.5, 0.6) is 0 Å². The van der Waals surface area contributed by atoms with E-state index in [2.05, 4.69) is 10.6 Å². The number of benzene rings is 2. The number of nitrogens with two attached hydrogens (primary N) is 2. The number of hydrogen-bond donors (Lipinski definition) is 4. The van der Waals surface area contributed by atoms with E-state index in [1.54, 1.807) is 0 Å². The van der Waals surface area contributed by atoms with Crippen molar-refractivity contribution >= 4 is 12.1 Å². The van der Waals surface area contributed by atoms with E-state index in [0.717, 1.165) is 11.1 Å². The van der Waals surface area contributed by atoms with E-state index in [9.17, 15) is 9.59 Å². The molecule has 0 saturated carbocycles. The first-order chi connectivity index (χ1) is 10.6. The highest BCUT2D eigenvalue weighted by atomic mass is 16.2. The maximum Gasteiger partial charge on any atom is 0.312 e. The monoisotopic (exact) mass is 298 g/mol. The van der Waals surface area contributed by atoms with Gasteiger partial charge >= 0.3 is 12.1 Å². The van der Waals surface area contributed by atoms with Gasteiger partial charge in [0.15, 0.2) is 0 Å². The van der Waals surface area contributed by atoms with Crippen LogP contribution >= 0.6 is 0 Å². The van der Waals surface area contributed by atoms with E-state index in [0.29, 0.717) is 0 Å². The van der Waals surface area contributed by atoms with Gasteiger partial charge in [0.25, 0.3) is 0 Å². The molecular weight excluding hydrogens is 280 g/mol. The van der Waals surface area contributed by atoms with Gasteiger partial charge in [-0.05, 0) is 11.1 Å². The predicted octanol–water partition coefficient (Wildman–Crippen LogP) is 1.81. The summed E-state index contributed by atoms with van der Waals surface area (Å²) < 4.78 is 0. The molecular formula is C16H18N4O2. The highest BCUT2D eigenvalue weighted by Crippen LogP contribution is 2.28. The summed E-state index contributed by atoms with van der Waals surface area (Å²) >= 11 is 0.